The highest BCUT2D eigenvalue weighted by atomic mass is 79.9. The van der Waals surface area contributed by atoms with E-state index in [4.69, 9.17) is 15.2 Å². The van der Waals surface area contributed by atoms with E-state index < -0.39 is 0 Å². The highest BCUT2D eigenvalue weighted by Gasteiger charge is 2.11. The first-order valence-electron chi connectivity index (χ1n) is 6.32. The van der Waals surface area contributed by atoms with Crippen molar-refractivity contribution in [2.45, 2.75) is 13.0 Å². The van der Waals surface area contributed by atoms with Gasteiger partial charge in [-0.15, -0.1) is 0 Å². The van der Waals surface area contributed by atoms with Crippen LogP contribution in [0, 0.1) is 0 Å². The number of ether oxygens (including phenoxy) is 2. The second kappa shape index (κ2) is 7.26. The third kappa shape index (κ3) is 3.71. The van der Waals surface area contributed by atoms with Gasteiger partial charge in [-0.05, 0) is 52.7 Å². The van der Waals surface area contributed by atoms with Gasteiger partial charge in [0.05, 0.1) is 11.6 Å². The van der Waals surface area contributed by atoms with E-state index in [9.17, 15) is 0 Å². The molecule has 4 nitrogen and oxygen atoms in total. The van der Waals surface area contributed by atoms with Crippen LogP contribution in [-0.2, 0) is 13.0 Å². The molecule has 0 amide bonds. The number of aromatic nitrogens is 1. The fraction of sp³-hybridized carbons (Fsp3) is 0.267. The molecule has 0 aliphatic rings. The average molecular weight is 337 g/mol. The quantitative estimate of drug-likeness (QED) is 0.881. The molecule has 0 saturated heterocycles. The fourth-order valence-electron chi connectivity index (χ4n) is 1.86. The van der Waals surface area contributed by atoms with Crippen LogP contribution >= 0.6 is 15.9 Å². The second-order valence-corrected chi connectivity index (χ2v) is 5.15. The molecule has 20 heavy (non-hydrogen) atoms. The summed E-state index contributed by atoms with van der Waals surface area (Å²) in [6, 6.07) is 7.82. The highest BCUT2D eigenvalue weighted by Crippen LogP contribution is 2.37. The van der Waals surface area contributed by atoms with Crippen molar-refractivity contribution in [3.05, 3.63) is 52.3 Å². The van der Waals surface area contributed by atoms with Crippen LogP contribution in [0.3, 0.4) is 0 Å². The highest BCUT2D eigenvalue weighted by molar-refractivity contribution is 9.10. The number of nitrogens with zero attached hydrogens (tertiary/aromatic N) is 1. The molecule has 1 heterocycles. The van der Waals surface area contributed by atoms with Crippen LogP contribution < -0.4 is 15.2 Å². The molecule has 2 rings (SSSR count). The van der Waals surface area contributed by atoms with Crippen LogP contribution in [0.1, 0.15) is 11.1 Å². The van der Waals surface area contributed by atoms with Gasteiger partial charge in [0.15, 0.2) is 11.5 Å². The largest absolute Gasteiger partial charge is 0.493 e. The Morgan fingerprint density at radius 2 is 2.15 bits per heavy atom. The van der Waals surface area contributed by atoms with E-state index in [-0.39, 0.29) is 0 Å². The maximum Gasteiger partial charge on any atom is 0.175 e. The lowest BCUT2D eigenvalue weighted by molar-refractivity contribution is 0.282. The third-order valence-corrected chi connectivity index (χ3v) is 3.42. The summed E-state index contributed by atoms with van der Waals surface area (Å²) >= 11 is 3.52. The van der Waals surface area contributed by atoms with Crippen LogP contribution in [0.25, 0.3) is 0 Å². The zero-order chi connectivity index (χ0) is 14.4. The van der Waals surface area contributed by atoms with E-state index in [2.05, 4.69) is 20.9 Å². The van der Waals surface area contributed by atoms with Gasteiger partial charge in [0.25, 0.3) is 0 Å². The molecule has 1 aromatic carbocycles. The molecule has 0 radical (unpaired) electrons. The molecule has 0 fully saturated rings. The van der Waals surface area contributed by atoms with Crippen molar-refractivity contribution in [1.29, 1.82) is 0 Å². The molecule has 0 spiro atoms. The maximum atomic E-state index is 5.83. The molecule has 2 aromatic rings. The van der Waals surface area contributed by atoms with Crippen molar-refractivity contribution in [2.75, 3.05) is 13.7 Å². The van der Waals surface area contributed by atoms with Crippen LogP contribution in [0.2, 0.25) is 0 Å². The molecular weight excluding hydrogens is 320 g/mol. The Morgan fingerprint density at radius 3 is 2.80 bits per heavy atom. The molecule has 0 bridgehead atoms. The SMILES string of the molecule is COc1cc(CCN)cc(Br)c1OCc1cccnc1. The summed E-state index contributed by atoms with van der Waals surface area (Å²) in [5.41, 5.74) is 7.70. The monoisotopic (exact) mass is 336 g/mol. The Kier molecular flexibility index (Phi) is 5.38. The Bertz CT molecular complexity index is 561. The van der Waals surface area contributed by atoms with Crippen molar-refractivity contribution in [3.8, 4) is 11.5 Å². The van der Waals surface area contributed by atoms with E-state index in [0.717, 1.165) is 22.0 Å². The summed E-state index contributed by atoms with van der Waals surface area (Å²) in [5.74, 6) is 1.39. The van der Waals surface area contributed by atoms with E-state index in [0.29, 0.717) is 24.7 Å². The molecule has 0 aliphatic heterocycles. The van der Waals surface area contributed by atoms with Gasteiger partial charge in [-0.3, -0.25) is 4.98 Å². The lowest BCUT2D eigenvalue weighted by Crippen LogP contribution is -2.04. The molecule has 106 valence electrons. The van der Waals surface area contributed by atoms with Gasteiger partial charge in [0, 0.05) is 18.0 Å². The van der Waals surface area contributed by atoms with Crippen molar-refractivity contribution in [1.82, 2.24) is 4.98 Å². The summed E-state index contributed by atoms with van der Waals surface area (Å²) in [6.45, 7) is 1.05. The summed E-state index contributed by atoms with van der Waals surface area (Å²) in [7, 11) is 1.63. The number of halogens is 1. The molecule has 0 unspecified atom stereocenters. The van der Waals surface area contributed by atoms with Gasteiger partial charge >= 0.3 is 0 Å². The van der Waals surface area contributed by atoms with Gasteiger partial charge in [-0.25, -0.2) is 0 Å². The molecule has 1 aromatic heterocycles. The Balaban J connectivity index is 2.18. The van der Waals surface area contributed by atoms with E-state index in [1.807, 2.05) is 24.3 Å². The lowest BCUT2D eigenvalue weighted by Gasteiger charge is -2.14. The Morgan fingerprint density at radius 1 is 1.30 bits per heavy atom. The topological polar surface area (TPSA) is 57.4 Å². The number of benzene rings is 1. The standard InChI is InChI=1S/C15H17BrN2O2/c1-19-14-8-11(4-5-17)7-13(16)15(14)20-10-12-3-2-6-18-9-12/h2-3,6-9H,4-5,10,17H2,1H3. The molecular formula is C15H17BrN2O2. The van der Waals surface area contributed by atoms with Crippen molar-refractivity contribution in [2.24, 2.45) is 5.73 Å². The van der Waals surface area contributed by atoms with E-state index in [1.165, 1.54) is 0 Å². The van der Waals surface area contributed by atoms with Crippen LogP contribution in [0.5, 0.6) is 11.5 Å². The zero-order valence-corrected chi connectivity index (χ0v) is 12.9. The number of pyridine rings is 1. The fourth-order valence-corrected chi connectivity index (χ4v) is 2.47. The number of nitrogens with two attached hydrogens (primary N) is 1. The summed E-state index contributed by atoms with van der Waals surface area (Å²) in [5, 5.41) is 0. The van der Waals surface area contributed by atoms with Crippen molar-refractivity contribution < 1.29 is 9.47 Å². The Labute approximate surface area is 127 Å². The van der Waals surface area contributed by atoms with E-state index in [1.54, 1.807) is 19.5 Å². The first-order valence-corrected chi connectivity index (χ1v) is 7.12. The molecule has 0 atom stereocenters. The normalized spacial score (nSPS) is 10.3. The third-order valence-electron chi connectivity index (χ3n) is 2.83. The van der Waals surface area contributed by atoms with Gasteiger partial charge < -0.3 is 15.2 Å². The zero-order valence-electron chi connectivity index (χ0n) is 11.3. The second-order valence-electron chi connectivity index (χ2n) is 4.30. The number of hydrogen-bond acceptors (Lipinski definition) is 4. The summed E-state index contributed by atoms with van der Waals surface area (Å²) < 4.78 is 12.1. The number of rotatable bonds is 6. The molecule has 5 heteroatoms. The minimum Gasteiger partial charge on any atom is -0.493 e. The minimum atomic E-state index is 0.443. The van der Waals surface area contributed by atoms with Gasteiger partial charge in [-0.1, -0.05) is 6.07 Å². The molecule has 0 saturated carbocycles. The molecule has 0 aliphatic carbocycles. The smallest absolute Gasteiger partial charge is 0.175 e. The van der Waals surface area contributed by atoms with Crippen molar-refractivity contribution >= 4 is 15.9 Å². The first kappa shape index (κ1) is 14.8. The van der Waals surface area contributed by atoms with Crippen LogP contribution in [0.15, 0.2) is 41.1 Å². The van der Waals surface area contributed by atoms with Crippen LogP contribution in [-0.4, -0.2) is 18.6 Å². The predicted octanol–water partition coefficient (Wildman–Crippen LogP) is 2.93. The van der Waals surface area contributed by atoms with Crippen LogP contribution in [0.4, 0.5) is 0 Å². The van der Waals surface area contributed by atoms with Crippen molar-refractivity contribution in [3.63, 3.8) is 0 Å². The summed E-state index contributed by atoms with van der Waals surface area (Å²) in [4.78, 5) is 4.06. The van der Waals surface area contributed by atoms with Gasteiger partial charge in [0.2, 0.25) is 0 Å². The van der Waals surface area contributed by atoms with Gasteiger partial charge in [0.1, 0.15) is 6.61 Å². The number of hydrogen-bond donors (Lipinski definition) is 1. The predicted molar refractivity (Wildman–Crippen MR) is 82.0 cm³/mol. The molecule has 2 N–H and O–H groups in total. The van der Waals surface area contributed by atoms with E-state index >= 15 is 0 Å². The maximum absolute atomic E-state index is 5.83. The first-order chi connectivity index (χ1) is 9.74. The van der Waals surface area contributed by atoms with Gasteiger partial charge in [-0.2, -0.15) is 0 Å². The minimum absolute atomic E-state index is 0.443. The summed E-state index contributed by atoms with van der Waals surface area (Å²) in [6.07, 6.45) is 4.32. The number of methoxy groups -OCH3 is 1. The lowest BCUT2D eigenvalue weighted by atomic mass is 10.1. The average Bonchev–Trinajstić information content (AvgIpc) is 2.47. The Hall–Kier alpha value is -1.59.